The van der Waals surface area contributed by atoms with Gasteiger partial charge in [-0.05, 0) is 11.4 Å². The van der Waals surface area contributed by atoms with E-state index in [4.69, 9.17) is 0 Å². The number of ketones is 1. The lowest BCUT2D eigenvalue weighted by Crippen LogP contribution is -3.00. The molecule has 0 aromatic carbocycles. The van der Waals surface area contributed by atoms with Crippen LogP contribution in [0.5, 0.6) is 0 Å². The van der Waals surface area contributed by atoms with Crippen molar-refractivity contribution in [3.05, 3.63) is 22.4 Å². The van der Waals surface area contributed by atoms with Crippen molar-refractivity contribution >= 4 is 17.1 Å². The second-order valence-corrected chi connectivity index (χ2v) is 5.15. The van der Waals surface area contributed by atoms with E-state index in [1.54, 1.807) is 11.3 Å². The van der Waals surface area contributed by atoms with Crippen molar-refractivity contribution in [3.63, 3.8) is 0 Å². The van der Waals surface area contributed by atoms with Gasteiger partial charge in [-0.2, -0.15) is 11.3 Å². The molecular weight excluding hydrogens is 321 g/mol. The molecule has 0 unspecified atom stereocenters. The molecule has 2 rings (SSSR count). The van der Waals surface area contributed by atoms with E-state index < -0.39 is 0 Å². The van der Waals surface area contributed by atoms with Gasteiger partial charge in [0.15, 0.2) is 0 Å². The Bertz CT molecular complexity index is 317. The summed E-state index contributed by atoms with van der Waals surface area (Å²) in [6.45, 7) is 3.00. The van der Waals surface area contributed by atoms with E-state index in [1.807, 2.05) is 16.8 Å². The van der Waals surface area contributed by atoms with Crippen LogP contribution in [0.15, 0.2) is 16.8 Å². The molecule has 1 aliphatic heterocycles. The summed E-state index contributed by atoms with van der Waals surface area (Å²) >= 11 is 1.60. The average Bonchev–Trinajstić information content (AvgIpc) is 2.74. The Balaban J connectivity index is 0.00000112. The van der Waals surface area contributed by atoms with Gasteiger partial charge in [0.2, 0.25) is 5.78 Å². The summed E-state index contributed by atoms with van der Waals surface area (Å²) in [7, 11) is 2.19. The van der Waals surface area contributed by atoms with Gasteiger partial charge < -0.3 is 28.5 Å². The summed E-state index contributed by atoms with van der Waals surface area (Å²) in [4.78, 5) is 11.9. The third-order valence-corrected chi connectivity index (χ3v) is 3.70. The molecule has 4 heteroatoms. The van der Waals surface area contributed by atoms with Crippen molar-refractivity contribution in [1.82, 2.24) is 0 Å². The van der Waals surface area contributed by atoms with Crippen LogP contribution >= 0.6 is 11.3 Å². The van der Waals surface area contributed by atoms with Gasteiger partial charge in [0.1, 0.15) is 6.54 Å². The highest BCUT2D eigenvalue weighted by Crippen LogP contribution is 2.18. The molecule has 1 aliphatic rings. The number of carbonyl (C=O) groups is 1. The molecule has 0 spiro atoms. The fraction of sp³-hybridized carbons (Fsp3) is 0.545. The van der Waals surface area contributed by atoms with Crippen LogP contribution in [0, 0.1) is 0 Å². The number of carbonyl (C=O) groups excluding carboxylic acids is 1. The van der Waals surface area contributed by atoms with Crippen molar-refractivity contribution in [2.45, 2.75) is 12.8 Å². The predicted molar refractivity (Wildman–Crippen MR) is 58.7 cm³/mol. The molecule has 1 aromatic rings. The quantitative estimate of drug-likeness (QED) is 0.400. The van der Waals surface area contributed by atoms with Crippen LogP contribution in [0.1, 0.15) is 23.2 Å². The maximum atomic E-state index is 11.9. The van der Waals surface area contributed by atoms with E-state index in [9.17, 15) is 4.79 Å². The molecule has 0 radical (unpaired) electrons. The molecule has 0 saturated carbocycles. The Hall–Kier alpha value is 0.0600. The lowest BCUT2D eigenvalue weighted by Gasteiger charge is -2.27. The number of likely N-dealkylation sites (tertiary alicyclic amines) is 1. The maximum absolute atomic E-state index is 11.9. The average molecular weight is 337 g/mol. The Kier molecular flexibility index (Phi) is 4.73. The number of rotatable bonds is 3. The number of hydrogen-bond acceptors (Lipinski definition) is 2. The van der Waals surface area contributed by atoms with Gasteiger partial charge in [0.05, 0.1) is 20.1 Å². The van der Waals surface area contributed by atoms with Crippen LogP contribution in [0.2, 0.25) is 0 Å². The summed E-state index contributed by atoms with van der Waals surface area (Å²) in [5.41, 5.74) is 0.890. The van der Waals surface area contributed by atoms with Crippen LogP contribution in [0.25, 0.3) is 0 Å². The molecule has 0 amide bonds. The minimum Gasteiger partial charge on any atom is -1.00 e. The van der Waals surface area contributed by atoms with Gasteiger partial charge in [-0.3, -0.25) is 4.79 Å². The van der Waals surface area contributed by atoms with Gasteiger partial charge in [0.25, 0.3) is 0 Å². The lowest BCUT2D eigenvalue weighted by molar-refractivity contribution is -0.889. The van der Waals surface area contributed by atoms with Crippen LogP contribution in [0.3, 0.4) is 0 Å². The third kappa shape index (κ3) is 3.26. The minimum absolute atomic E-state index is 0. The zero-order valence-electron chi connectivity index (χ0n) is 8.91. The highest BCUT2D eigenvalue weighted by Gasteiger charge is 2.29. The normalized spacial score (nSPS) is 18.5. The van der Waals surface area contributed by atoms with E-state index in [2.05, 4.69) is 7.05 Å². The monoisotopic (exact) mass is 337 g/mol. The summed E-state index contributed by atoms with van der Waals surface area (Å²) in [5.74, 6) is 0.302. The molecule has 15 heavy (non-hydrogen) atoms. The highest BCUT2D eigenvalue weighted by molar-refractivity contribution is 7.08. The molecule has 0 aliphatic carbocycles. The summed E-state index contributed by atoms with van der Waals surface area (Å²) in [6, 6.07) is 1.93. The summed E-state index contributed by atoms with van der Waals surface area (Å²) in [6.07, 6.45) is 2.54. The number of hydrogen-bond donors (Lipinski definition) is 0. The number of nitrogens with zero attached hydrogens (tertiary/aromatic N) is 1. The first-order chi connectivity index (χ1) is 6.70. The lowest BCUT2D eigenvalue weighted by atomic mass is 10.2. The fourth-order valence-corrected chi connectivity index (χ4v) is 2.78. The number of halogens is 1. The Morgan fingerprint density at radius 3 is 2.67 bits per heavy atom. The van der Waals surface area contributed by atoms with E-state index in [0.717, 1.165) is 23.1 Å². The van der Waals surface area contributed by atoms with E-state index >= 15 is 0 Å². The van der Waals surface area contributed by atoms with E-state index in [0.29, 0.717) is 12.3 Å². The van der Waals surface area contributed by atoms with Crippen molar-refractivity contribution in [2.24, 2.45) is 0 Å². The molecule has 1 saturated heterocycles. The van der Waals surface area contributed by atoms with Gasteiger partial charge in [-0.25, -0.2) is 0 Å². The molecule has 1 aromatic heterocycles. The molecule has 1 fully saturated rings. The molecular formula is C11H16INOS. The van der Waals surface area contributed by atoms with Crippen LogP contribution in [-0.4, -0.2) is 36.9 Å². The second kappa shape index (κ2) is 5.41. The fourth-order valence-electron chi connectivity index (χ4n) is 2.12. The molecule has 0 bridgehead atoms. The van der Waals surface area contributed by atoms with Crippen molar-refractivity contribution in [1.29, 1.82) is 0 Å². The zero-order valence-corrected chi connectivity index (χ0v) is 11.9. The van der Waals surface area contributed by atoms with Crippen LogP contribution < -0.4 is 24.0 Å². The first kappa shape index (κ1) is 13.1. The smallest absolute Gasteiger partial charge is 0.217 e. The van der Waals surface area contributed by atoms with Crippen LogP contribution in [-0.2, 0) is 0 Å². The number of quaternary nitrogens is 1. The SMILES string of the molecule is C[N+]1(CC(=O)c2ccsc2)CCCC1.[I-]. The Labute approximate surface area is 112 Å². The maximum Gasteiger partial charge on any atom is 0.217 e. The van der Waals surface area contributed by atoms with Gasteiger partial charge >= 0.3 is 0 Å². The molecule has 2 heterocycles. The second-order valence-electron chi connectivity index (χ2n) is 4.37. The van der Waals surface area contributed by atoms with Gasteiger partial charge in [-0.15, -0.1) is 0 Å². The zero-order chi connectivity index (χ0) is 10.0. The van der Waals surface area contributed by atoms with Crippen LogP contribution in [0.4, 0.5) is 0 Å². The standard InChI is InChI=1S/C11H16NOS.HI/c1-12(5-2-3-6-12)8-11(13)10-4-7-14-9-10;/h4,7,9H,2-3,5-6,8H2,1H3;1H/q+1;/p-1. The van der Waals surface area contributed by atoms with Crippen molar-refractivity contribution in [2.75, 3.05) is 26.7 Å². The third-order valence-electron chi connectivity index (χ3n) is 3.01. The predicted octanol–water partition coefficient (Wildman–Crippen LogP) is -0.825. The Morgan fingerprint density at radius 2 is 2.13 bits per heavy atom. The number of likely N-dealkylation sites (N-methyl/N-ethyl adjacent to an activating group) is 1. The summed E-state index contributed by atoms with van der Waals surface area (Å²) < 4.78 is 0.939. The molecule has 0 N–H and O–H groups in total. The topological polar surface area (TPSA) is 17.1 Å². The molecule has 2 nitrogen and oxygen atoms in total. The highest BCUT2D eigenvalue weighted by atomic mass is 127. The summed E-state index contributed by atoms with van der Waals surface area (Å²) in [5, 5.41) is 3.92. The van der Waals surface area contributed by atoms with Gasteiger partial charge in [-0.1, -0.05) is 0 Å². The van der Waals surface area contributed by atoms with Crippen molar-refractivity contribution < 1.29 is 33.3 Å². The first-order valence-electron chi connectivity index (χ1n) is 5.09. The first-order valence-corrected chi connectivity index (χ1v) is 6.03. The largest absolute Gasteiger partial charge is 1.00 e. The Morgan fingerprint density at radius 1 is 1.47 bits per heavy atom. The van der Waals surface area contributed by atoms with Crippen molar-refractivity contribution in [3.8, 4) is 0 Å². The van der Waals surface area contributed by atoms with E-state index in [1.165, 1.54) is 12.8 Å². The molecule has 84 valence electrons. The number of Topliss-reactive ketones (excluding diaryl/α,β-unsaturated/α-hetero) is 1. The van der Waals surface area contributed by atoms with E-state index in [-0.39, 0.29) is 24.0 Å². The van der Waals surface area contributed by atoms with Gasteiger partial charge in [0, 0.05) is 23.8 Å². The minimum atomic E-state index is 0. The molecule has 0 atom stereocenters. The number of thiophene rings is 1.